The number of carbonyl (C=O) groups is 1. The molecule has 0 aliphatic carbocycles. The summed E-state index contributed by atoms with van der Waals surface area (Å²) in [6, 6.07) is 14.2. The Hall–Kier alpha value is -2.54. The fourth-order valence-electron chi connectivity index (χ4n) is 2.59. The van der Waals surface area contributed by atoms with Crippen molar-refractivity contribution >= 4 is 27.3 Å². The molecule has 0 spiro atoms. The van der Waals surface area contributed by atoms with Crippen LogP contribution in [0.4, 0.5) is 11.4 Å². The van der Waals surface area contributed by atoms with Gasteiger partial charge in [-0.15, -0.1) is 0 Å². The first-order valence-corrected chi connectivity index (χ1v) is 10.3. The minimum absolute atomic E-state index is 0.332. The zero-order valence-electron chi connectivity index (χ0n) is 15.2. The molecule has 1 amide bonds. The molecular formula is C19H24N2O4S. The van der Waals surface area contributed by atoms with Crippen LogP contribution in [-0.4, -0.2) is 33.7 Å². The molecule has 0 heterocycles. The number of anilines is 2. The van der Waals surface area contributed by atoms with E-state index in [1.54, 1.807) is 30.3 Å². The van der Waals surface area contributed by atoms with Gasteiger partial charge in [0.25, 0.3) is 0 Å². The molecule has 0 saturated heterocycles. The van der Waals surface area contributed by atoms with Gasteiger partial charge in [0.2, 0.25) is 15.9 Å². The van der Waals surface area contributed by atoms with Crippen LogP contribution in [-0.2, 0) is 21.2 Å². The lowest BCUT2D eigenvalue weighted by Crippen LogP contribution is -2.37. The van der Waals surface area contributed by atoms with Gasteiger partial charge in [-0.1, -0.05) is 37.3 Å². The number of aryl methyl sites for hydroxylation is 1. The number of rotatable bonds is 8. The van der Waals surface area contributed by atoms with Crippen molar-refractivity contribution in [1.29, 1.82) is 0 Å². The number of benzene rings is 2. The van der Waals surface area contributed by atoms with Crippen molar-refractivity contribution < 1.29 is 17.9 Å². The maximum absolute atomic E-state index is 12.5. The Balaban J connectivity index is 2.28. The topological polar surface area (TPSA) is 75.7 Å². The molecule has 0 saturated carbocycles. The fraction of sp³-hybridized carbons (Fsp3) is 0.316. The molecule has 0 aromatic heterocycles. The second-order valence-corrected chi connectivity index (χ2v) is 7.64. The Morgan fingerprint density at radius 3 is 2.38 bits per heavy atom. The summed E-state index contributed by atoms with van der Waals surface area (Å²) in [6.07, 6.45) is 1.84. The number of nitrogens with one attached hydrogen (secondary N) is 1. The van der Waals surface area contributed by atoms with E-state index < -0.39 is 15.9 Å². The molecular weight excluding hydrogens is 352 g/mol. The summed E-state index contributed by atoms with van der Waals surface area (Å²) in [5.74, 6) is 0.00445. The zero-order valence-corrected chi connectivity index (χ0v) is 16.0. The van der Waals surface area contributed by atoms with E-state index in [0.29, 0.717) is 23.7 Å². The highest BCUT2D eigenvalue weighted by molar-refractivity contribution is 7.92. The van der Waals surface area contributed by atoms with E-state index in [1.807, 2.05) is 32.0 Å². The number of para-hydroxylation sites is 3. The molecule has 1 N–H and O–H groups in total. The van der Waals surface area contributed by atoms with Gasteiger partial charge in [0.05, 0.1) is 18.6 Å². The van der Waals surface area contributed by atoms with Crippen molar-refractivity contribution in [2.75, 3.05) is 29.0 Å². The van der Waals surface area contributed by atoms with Gasteiger partial charge in [-0.05, 0) is 37.1 Å². The predicted octanol–water partition coefficient (Wildman–Crippen LogP) is 3.05. The second kappa shape index (κ2) is 8.71. The van der Waals surface area contributed by atoms with E-state index in [2.05, 4.69) is 5.32 Å². The summed E-state index contributed by atoms with van der Waals surface area (Å²) >= 11 is 0. The van der Waals surface area contributed by atoms with Crippen LogP contribution in [0.2, 0.25) is 0 Å². The van der Waals surface area contributed by atoms with Gasteiger partial charge in [0.1, 0.15) is 12.3 Å². The molecule has 0 aliphatic rings. The third-order valence-electron chi connectivity index (χ3n) is 3.79. The summed E-state index contributed by atoms with van der Waals surface area (Å²) in [7, 11) is -3.67. The average molecular weight is 376 g/mol. The van der Waals surface area contributed by atoms with E-state index in [1.165, 1.54) is 0 Å². The van der Waals surface area contributed by atoms with E-state index in [-0.39, 0.29) is 6.54 Å². The average Bonchev–Trinajstić information content (AvgIpc) is 2.60. The molecule has 0 unspecified atom stereocenters. The first kappa shape index (κ1) is 19.8. The van der Waals surface area contributed by atoms with Crippen molar-refractivity contribution in [3.05, 3.63) is 54.1 Å². The molecule has 0 radical (unpaired) electrons. The number of sulfonamides is 1. The molecule has 0 aliphatic heterocycles. The van der Waals surface area contributed by atoms with Crippen molar-refractivity contribution in [3.8, 4) is 5.75 Å². The highest BCUT2D eigenvalue weighted by Gasteiger charge is 2.24. The molecule has 7 heteroatoms. The molecule has 0 bridgehead atoms. The van der Waals surface area contributed by atoms with Crippen molar-refractivity contribution in [2.45, 2.75) is 20.3 Å². The Morgan fingerprint density at radius 1 is 1.08 bits per heavy atom. The Bertz CT molecular complexity index is 865. The lowest BCUT2D eigenvalue weighted by molar-refractivity contribution is -0.114. The highest BCUT2D eigenvalue weighted by atomic mass is 32.2. The highest BCUT2D eigenvalue weighted by Crippen LogP contribution is 2.29. The zero-order chi connectivity index (χ0) is 19.2. The third kappa shape index (κ3) is 4.98. The maximum atomic E-state index is 12.5. The van der Waals surface area contributed by atoms with Crippen LogP contribution in [0, 0.1) is 0 Å². The first-order valence-electron chi connectivity index (χ1n) is 8.44. The standard InChI is InChI=1S/C19H24N2O4S/c1-4-15-10-6-7-11-16(15)20-19(22)14-21(26(3,23)24)17-12-8-9-13-18(17)25-5-2/h6-13H,4-5,14H2,1-3H3,(H,20,22). The van der Waals surface area contributed by atoms with Gasteiger partial charge in [0.15, 0.2) is 0 Å². The smallest absolute Gasteiger partial charge is 0.245 e. The number of hydrogen-bond acceptors (Lipinski definition) is 4. The van der Waals surface area contributed by atoms with Crippen LogP contribution in [0.3, 0.4) is 0 Å². The van der Waals surface area contributed by atoms with Gasteiger partial charge in [-0.25, -0.2) is 8.42 Å². The number of nitrogens with zero attached hydrogens (tertiary/aromatic N) is 1. The van der Waals surface area contributed by atoms with Crippen molar-refractivity contribution in [1.82, 2.24) is 0 Å². The summed E-state index contributed by atoms with van der Waals surface area (Å²) in [5, 5.41) is 2.80. The van der Waals surface area contributed by atoms with E-state index in [0.717, 1.165) is 22.5 Å². The SMILES string of the molecule is CCOc1ccccc1N(CC(=O)Nc1ccccc1CC)S(C)(=O)=O. The van der Waals surface area contributed by atoms with Crippen LogP contribution < -0.4 is 14.4 Å². The van der Waals surface area contributed by atoms with Crippen molar-refractivity contribution in [3.63, 3.8) is 0 Å². The lowest BCUT2D eigenvalue weighted by atomic mass is 10.1. The minimum Gasteiger partial charge on any atom is -0.492 e. The molecule has 6 nitrogen and oxygen atoms in total. The van der Waals surface area contributed by atoms with Crippen LogP contribution in [0.15, 0.2) is 48.5 Å². The van der Waals surface area contributed by atoms with Crippen LogP contribution in [0.25, 0.3) is 0 Å². The Kier molecular flexibility index (Phi) is 6.63. The van der Waals surface area contributed by atoms with E-state index in [4.69, 9.17) is 4.74 Å². The number of carbonyl (C=O) groups excluding carboxylic acids is 1. The van der Waals surface area contributed by atoms with Gasteiger partial charge in [-0.3, -0.25) is 9.10 Å². The number of hydrogen-bond donors (Lipinski definition) is 1. The summed E-state index contributed by atoms with van der Waals surface area (Å²) < 4.78 is 31.1. The number of ether oxygens (including phenoxy) is 1. The molecule has 140 valence electrons. The van der Waals surface area contributed by atoms with Crippen molar-refractivity contribution in [2.24, 2.45) is 0 Å². The van der Waals surface area contributed by atoms with Crippen LogP contribution in [0.1, 0.15) is 19.4 Å². The van der Waals surface area contributed by atoms with Gasteiger partial charge in [-0.2, -0.15) is 0 Å². The maximum Gasteiger partial charge on any atom is 0.245 e. The third-order valence-corrected chi connectivity index (χ3v) is 4.92. The molecule has 0 atom stereocenters. The normalized spacial score (nSPS) is 11.0. The summed E-state index contributed by atoms with van der Waals surface area (Å²) in [6.45, 7) is 3.87. The summed E-state index contributed by atoms with van der Waals surface area (Å²) in [4.78, 5) is 12.5. The van der Waals surface area contributed by atoms with Gasteiger partial charge >= 0.3 is 0 Å². The molecule has 26 heavy (non-hydrogen) atoms. The molecule has 2 rings (SSSR count). The van der Waals surface area contributed by atoms with E-state index in [9.17, 15) is 13.2 Å². The lowest BCUT2D eigenvalue weighted by Gasteiger charge is -2.24. The van der Waals surface area contributed by atoms with Gasteiger partial charge < -0.3 is 10.1 Å². The minimum atomic E-state index is -3.67. The largest absolute Gasteiger partial charge is 0.492 e. The molecule has 2 aromatic carbocycles. The van der Waals surface area contributed by atoms with Gasteiger partial charge in [0, 0.05) is 5.69 Å². The summed E-state index contributed by atoms with van der Waals surface area (Å²) in [5.41, 5.74) is 2.02. The second-order valence-electron chi connectivity index (χ2n) is 5.73. The van der Waals surface area contributed by atoms with Crippen LogP contribution >= 0.6 is 0 Å². The predicted molar refractivity (Wildman–Crippen MR) is 104 cm³/mol. The first-order chi connectivity index (χ1) is 12.4. The molecule has 0 fully saturated rings. The Labute approximate surface area is 154 Å². The Morgan fingerprint density at radius 2 is 1.73 bits per heavy atom. The quantitative estimate of drug-likeness (QED) is 0.768. The van der Waals surface area contributed by atoms with E-state index >= 15 is 0 Å². The fourth-order valence-corrected chi connectivity index (χ4v) is 3.45. The monoisotopic (exact) mass is 376 g/mol. The van der Waals surface area contributed by atoms with Crippen LogP contribution in [0.5, 0.6) is 5.75 Å². The molecule has 2 aromatic rings. The number of amides is 1.